The van der Waals surface area contributed by atoms with E-state index in [1.54, 1.807) is 11.2 Å². The van der Waals surface area contributed by atoms with Crippen LogP contribution in [0.4, 0.5) is 0 Å². The van der Waals surface area contributed by atoms with Crippen LogP contribution in [0, 0.1) is 13.8 Å². The molecule has 8 nitrogen and oxygen atoms in total. The fraction of sp³-hybridized carbons (Fsp3) is 0.533. The molecule has 1 fully saturated rings. The van der Waals surface area contributed by atoms with Crippen LogP contribution < -0.4 is 4.74 Å². The highest BCUT2D eigenvalue weighted by Gasteiger charge is 2.25. The van der Waals surface area contributed by atoms with E-state index in [1.807, 2.05) is 19.9 Å². The Morgan fingerprint density at radius 1 is 1.35 bits per heavy atom. The molecule has 0 radical (unpaired) electrons. The average Bonchev–Trinajstić information content (AvgIpc) is 2.99. The summed E-state index contributed by atoms with van der Waals surface area (Å²) in [5.74, 6) is 0.0186. The molecule has 23 heavy (non-hydrogen) atoms. The van der Waals surface area contributed by atoms with Gasteiger partial charge < -0.3 is 9.64 Å². The van der Waals surface area contributed by atoms with Crippen molar-refractivity contribution in [1.82, 2.24) is 29.6 Å². The van der Waals surface area contributed by atoms with E-state index < -0.39 is 0 Å². The van der Waals surface area contributed by atoms with Crippen LogP contribution in [0.2, 0.25) is 0 Å². The second kappa shape index (κ2) is 6.72. The molecular formula is C15H20N6O2. The van der Waals surface area contributed by atoms with Crippen molar-refractivity contribution in [2.45, 2.75) is 39.3 Å². The zero-order valence-corrected chi connectivity index (χ0v) is 13.3. The van der Waals surface area contributed by atoms with Crippen LogP contribution in [-0.4, -0.2) is 54.7 Å². The number of carbonyl (C=O) groups excluding carboxylic acids is 1. The molecule has 3 heterocycles. The van der Waals surface area contributed by atoms with E-state index in [4.69, 9.17) is 4.74 Å². The van der Waals surface area contributed by atoms with E-state index in [0.717, 1.165) is 30.8 Å². The molecule has 3 rings (SSSR count). The lowest BCUT2D eigenvalue weighted by atomic mass is 10.1. The Morgan fingerprint density at radius 2 is 2.13 bits per heavy atom. The largest absolute Gasteiger partial charge is 0.458 e. The molecule has 1 aliphatic heterocycles. The third-order valence-corrected chi connectivity index (χ3v) is 3.73. The van der Waals surface area contributed by atoms with Crippen LogP contribution in [0.5, 0.6) is 6.01 Å². The lowest BCUT2D eigenvalue weighted by Crippen LogP contribution is -2.45. The van der Waals surface area contributed by atoms with Crippen molar-refractivity contribution >= 4 is 5.91 Å². The maximum atomic E-state index is 12.3. The smallest absolute Gasteiger partial charge is 0.317 e. The van der Waals surface area contributed by atoms with Crippen LogP contribution in [0.25, 0.3) is 0 Å². The second-order valence-electron chi connectivity index (χ2n) is 5.75. The molecule has 0 spiro atoms. The SMILES string of the molecule is Cc1cc(C)nc(OC2CCCN(C(=O)Cn3cncn3)C2)n1. The molecule has 122 valence electrons. The van der Waals surface area contributed by atoms with Gasteiger partial charge in [0.1, 0.15) is 25.3 Å². The van der Waals surface area contributed by atoms with Gasteiger partial charge in [-0.15, -0.1) is 0 Å². The van der Waals surface area contributed by atoms with Crippen LogP contribution in [-0.2, 0) is 11.3 Å². The molecule has 0 saturated carbocycles. The molecule has 0 N–H and O–H groups in total. The van der Waals surface area contributed by atoms with Crippen molar-refractivity contribution in [2.75, 3.05) is 13.1 Å². The zero-order valence-electron chi connectivity index (χ0n) is 13.3. The monoisotopic (exact) mass is 316 g/mol. The first-order valence-corrected chi connectivity index (χ1v) is 7.69. The summed E-state index contributed by atoms with van der Waals surface area (Å²) in [4.78, 5) is 26.6. The molecular weight excluding hydrogens is 296 g/mol. The number of nitrogens with zero attached hydrogens (tertiary/aromatic N) is 6. The molecule has 8 heteroatoms. The summed E-state index contributed by atoms with van der Waals surface area (Å²) in [7, 11) is 0. The van der Waals surface area contributed by atoms with Gasteiger partial charge in [0.2, 0.25) is 5.91 Å². The van der Waals surface area contributed by atoms with Crippen LogP contribution in [0.3, 0.4) is 0 Å². The van der Waals surface area contributed by atoms with Gasteiger partial charge in [0.05, 0.1) is 6.54 Å². The predicted octanol–water partition coefficient (Wildman–Crippen LogP) is 0.755. The minimum atomic E-state index is -0.0790. The summed E-state index contributed by atoms with van der Waals surface area (Å²) in [6.07, 6.45) is 4.68. The van der Waals surface area contributed by atoms with Crippen molar-refractivity contribution in [3.8, 4) is 6.01 Å². The van der Waals surface area contributed by atoms with Crippen LogP contribution in [0.1, 0.15) is 24.2 Å². The Morgan fingerprint density at radius 3 is 2.83 bits per heavy atom. The predicted molar refractivity (Wildman–Crippen MR) is 81.8 cm³/mol. The Kier molecular flexibility index (Phi) is 4.50. The number of ether oxygens (including phenoxy) is 1. The van der Waals surface area contributed by atoms with Gasteiger partial charge >= 0.3 is 6.01 Å². The lowest BCUT2D eigenvalue weighted by molar-refractivity contribution is -0.134. The number of aryl methyl sites for hydroxylation is 2. The zero-order chi connectivity index (χ0) is 16.2. The third-order valence-electron chi connectivity index (χ3n) is 3.73. The number of carbonyl (C=O) groups is 1. The molecule has 0 bridgehead atoms. The quantitative estimate of drug-likeness (QED) is 0.827. The number of hydrogen-bond donors (Lipinski definition) is 0. The van der Waals surface area contributed by atoms with Crippen molar-refractivity contribution in [1.29, 1.82) is 0 Å². The maximum absolute atomic E-state index is 12.3. The van der Waals surface area contributed by atoms with Crippen molar-refractivity contribution < 1.29 is 9.53 Å². The molecule has 0 aliphatic carbocycles. The molecule has 1 unspecified atom stereocenters. The number of rotatable bonds is 4. The summed E-state index contributed by atoms with van der Waals surface area (Å²) >= 11 is 0. The fourth-order valence-electron chi connectivity index (χ4n) is 2.71. The highest BCUT2D eigenvalue weighted by Crippen LogP contribution is 2.16. The minimum Gasteiger partial charge on any atom is -0.458 e. The maximum Gasteiger partial charge on any atom is 0.317 e. The topological polar surface area (TPSA) is 86.0 Å². The van der Waals surface area contributed by atoms with E-state index in [9.17, 15) is 4.79 Å². The highest BCUT2D eigenvalue weighted by molar-refractivity contribution is 5.76. The van der Waals surface area contributed by atoms with Gasteiger partial charge in [-0.25, -0.2) is 19.6 Å². The fourth-order valence-corrected chi connectivity index (χ4v) is 2.71. The van der Waals surface area contributed by atoms with E-state index in [1.165, 1.54) is 11.0 Å². The number of aromatic nitrogens is 5. The van der Waals surface area contributed by atoms with Gasteiger partial charge in [0, 0.05) is 17.9 Å². The van der Waals surface area contributed by atoms with Crippen molar-refractivity contribution in [3.05, 3.63) is 30.1 Å². The van der Waals surface area contributed by atoms with Gasteiger partial charge in [-0.1, -0.05) is 0 Å². The van der Waals surface area contributed by atoms with Crippen molar-refractivity contribution in [2.24, 2.45) is 0 Å². The number of piperidine rings is 1. The minimum absolute atomic E-state index is 0.0186. The van der Waals surface area contributed by atoms with E-state index in [0.29, 0.717) is 12.6 Å². The van der Waals surface area contributed by atoms with Gasteiger partial charge in [-0.2, -0.15) is 5.10 Å². The van der Waals surface area contributed by atoms with Crippen LogP contribution >= 0.6 is 0 Å². The Bertz CT molecular complexity index is 652. The first kappa shape index (κ1) is 15.4. The molecule has 1 atom stereocenters. The average molecular weight is 316 g/mol. The first-order valence-electron chi connectivity index (χ1n) is 7.69. The van der Waals surface area contributed by atoms with E-state index in [2.05, 4.69) is 20.1 Å². The van der Waals surface area contributed by atoms with Gasteiger partial charge in [-0.05, 0) is 32.8 Å². The standard InChI is InChI=1S/C15H20N6O2/c1-11-6-12(2)19-15(18-11)23-13-4-3-5-20(7-13)14(22)8-21-10-16-9-17-21/h6,9-10,13H,3-5,7-8H2,1-2H3. The van der Waals surface area contributed by atoms with Gasteiger partial charge in [-0.3, -0.25) is 4.79 Å². The normalized spacial score (nSPS) is 18.0. The van der Waals surface area contributed by atoms with E-state index >= 15 is 0 Å². The lowest BCUT2D eigenvalue weighted by Gasteiger charge is -2.32. The van der Waals surface area contributed by atoms with Gasteiger partial charge in [0.15, 0.2) is 0 Å². The first-order chi connectivity index (χ1) is 11.1. The number of likely N-dealkylation sites (tertiary alicyclic amines) is 1. The molecule has 2 aromatic heterocycles. The number of hydrogen-bond acceptors (Lipinski definition) is 6. The van der Waals surface area contributed by atoms with Gasteiger partial charge in [0.25, 0.3) is 0 Å². The summed E-state index contributed by atoms with van der Waals surface area (Å²) < 4.78 is 7.41. The number of amides is 1. The summed E-state index contributed by atoms with van der Waals surface area (Å²) in [5.41, 5.74) is 1.75. The summed E-state index contributed by atoms with van der Waals surface area (Å²) in [6, 6.07) is 2.29. The Hall–Kier alpha value is -2.51. The molecule has 2 aromatic rings. The summed E-state index contributed by atoms with van der Waals surface area (Å²) in [5, 5.41) is 3.96. The Labute approximate surface area is 134 Å². The Balaban J connectivity index is 1.60. The molecule has 1 aliphatic rings. The third kappa shape index (κ3) is 4.02. The van der Waals surface area contributed by atoms with Crippen LogP contribution in [0.15, 0.2) is 18.7 Å². The highest BCUT2D eigenvalue weighted by atomic mass is 16.5. The second-order valence-corrected chi connectivity index (χ2v) is 5.75. The molecule has 1 amide bonds. The molecule has 1 saturated heterocycles. The summed E-state index contributed by atoms with van der Waals surface area (Å²) in [6.45, 7) is 5.31. The van der Waals surface area contributed by atoms with E-state index in [-0.39, 0.29) is 18.6 Å². The molecule has 0 aromatic carbocycles. The van der Waals surface area contributed by atoms with Crippen molar-refractivity contribution in [3.63, 3.8) is 0 Å².